The first-order valence-corrected chi connectivity index (χ1v) is 4.25. The molecule has 0 aromatic carbocycles. The van der Waals surface area contributed by atoms with Gasteiger partial charge >= 0.3 is 5.97 Å². The van der Waals surface area contributed by atoms with Crippen LogP contribution >= 0.6 is 0 Å². The van der Waals surface area contributed by atoms with Crippen molar-refractivity contribution < 1.29 is 19.5 Å². The van der Waals surface area contributed by atoms with Crippen LogP contribution in [0.3, 0.4) is 0 Å². The van der Waals surface area contributed by atoms with E-state index < -0.39 is 17.8 Å². The van der Waals surface area contributed by atoms with E-state index in [2.05, 4.69) is 10.4 Å². The fraction of sp³-hybridized carbons (Fsp3) is 0.250. The number of carboxylic acids is 1. The number of carbonyl (C=O) groups is 3. The Bertz CT molecular complexity index is 451. The van der Waals surface area contributed by atoms with Gasteiger partial charge in [0.05, 0.1) is 6.54 Å². The quantitative estimate of drug-likeness (QED) is 0.565. The SMILES string of the molecule is Cn1cc(C(=O)O)c(C(=O)NCC(N)=O)n1. The van der Waals surface area contributed by atoms with Crippen LogP contribution < -0.4 is 11.1 Å². The Morgan fingerprint density at radius 1 is 1.56 bits per heavy atom. The summed E-state index contributed by atoms with van der Waals surface area (Å²) in [5.41, 5.74) is 4.34. The summed E-state index contributed by atoms with van der Waals surface area (Å²) in [6.45, 7) is -0.367. The fourth-order valence-electron chi connectivity index (χ4n) is 1.06. The number of nitrogens with zero attached hydrogens (tertiary/aromatic N) is 2. The molecule has 1 aromatic heterocycles. The number of aromatic carboxylic acids is 1. The van der Waals surface area contributed by atoms with Gasteiger partial charge in [0.25, 0.3) is 5.91 Å². The van der Waals surface area contributed by atoms with Crippen molar-refractivity contribution in [1.29, 1.82) is 0 Å². The Balaban J connectivity index is 2.90. The number of aryl methyl sites for hydroxylation is 1. The number of hydrogen-bond acceptors (Lipinski definition) is 4. The molecule has 1 rings (SSSR count). The van der Waals surface area contributed by atoms with Crippen LogP contribution in [0.25, 0.3) is 0 Å². The minimum Gasteiger partial charge on any atom is -0.478 e. The van der Waals surface area contributed by atoms with Crippen LogP contribution in [0.2, 0.25) is 0 Å². The molecule has 8 heteroatoms. The monoisotopic (exact) mass is 226 g/mol. The summed E-state index contributed by atoms with van der Waals surface area (Å²) in [6.07, 6.45) is 1.20. The van der Waals surface area contributed by atoms with E-state index in [4.69, 9.17) is 10.8 Å². The first-order chi connectivity index (χ1) is 7.41. The van der Waals surface area contributed by atoms with E-state index in [1.54, 1.807) is 0 Å². The average molecular weight is 226 g/mol. The lowest BCUT2D eigenvalue weighted by atomic mass is 10.2. The molecule has 16 heavy (non-hydrogen) atoms. The Kier molecular flexibility index (Phi) is 3.24. The first-order valence-electron chi connectivity index (χ1n) is 4.25. The summed E-state index contributed by atoms with van der Waals surface area (Å²) in [5.74, 6) is -2.74. The third kappa shape index (κ3) is 2.56. The molecule has 0 atom stereocenters. The van der Waals surface area contributed by atoms with E-state index >= 15 is 0 Å². The number of hydrogen-bond donors (Lipinski definition) is 3. The average Bonchev–Trinajstić information content (AvgIpc) is 2.56. The molecule has 4 N–H and O–H groups in total. The summed E-state index contributed by atoms with van der Waals surface area (Å²) in [5, 5.41) is 14.6. The molecule has 2 amide bonds. The second-order valence-electron chi connectivity index (χ2n) is 3.02. The molecule has 0 radical (unpaired) electrons. The zero-order valence-electron chi connectivity index (χ0n) is 8.43. The van der Waals surface area contributed by atoms with Gasteiger partial charge in [-0.1, -0.05) is 0 Å². The zero-order valence-corrected chi connectivity index (χ0v) is 8.43. The molecule has 0 fully saturated rings. The summed E-state index contributed by atoms with van der Waals surface area (Å²) in [6, 6.07) is 0. The van der Waals surface area contributed by atoms with Crippen LogP contribution in [0.5, 0.6) is 0 Å². The highest BCUT2D eigenvalue weighted by Crippen LogP contribution is 2.05. The summed E-state index contributed by atoms with van der Waals surface area (Å²) < 4.78 is 1.20. The molecule has 8 nitrogen and oxygen atoms in total. The molecule has 0 aliphatic carbocycles. The molecule has 0 saturated heterocycles. The highest BCUT2D eigenvalue weighted by Gasteiger charge is 2.20. The predicted molar refractivity (Wildman–Crippen MR) is 51.7 cm³/mol. The second-order valence-corrected chi connectivity index (χ2v) is 3.02. The zero-order chi connectivity index (χ0) is 12.3. The first kappa shape index (κ1) is 11.7. The van der Waals surface area contributed by atoms with Crippen LogP contribution in [-0.4, -0.2) is 39.2 Å². The Hall–Kier alpha value is -2.38. The molecule has 0 unspecified atom stereocenters. The summed E-state index contributed by atoms with van der Waals surface area (Å²) in [7, 11) is 1.48. The second kappa shape index (κ2) is 4.43. The standard InChI is InChI=1S/C8H10N4O4/c1-12-3-4(8(15)16)6(11-12)7(14)10-2-5(9)13/h3H,2H2,1H3,(H2,9,13)(H,10,14)(H,15,16). The molecule has 1 aromatic rings. The van der Waals surface area contributed by atoms with Crippen molar-refractivity contribution in [3.8, 4) is 0 Å². The minimum atomic E-state index is -1.27. The van der Waals surface area contributed by atoms with Gasteiger partial charge in [-0.3, -0.25) is 14.3 Å². The van der Waals surface area contributed by atoms with Gasteiger partial charge in [0.1, 0.15) is 5.56 Å². The lowest BCUT2D eigenvalue weighted by Crippen LogP contribution is -2.34. The van der Waals surface area contributed by atoms with Gasteiger partial charge in [0.15, 0.2) is 5.69 Å². The fourth-order valence-corrected chi connectivity index (χ4v) is 1.06. The maximum absolute atomic E-state index is 11.4. The van der Waals surface area contributed by atoms with E-state index in [1.807, 2.05) is 0 Å². The van der Waals surface area contributed by atoms with Crippen molar-refractivity contribution in [3.05, 3.63) is 17.5 Å². The smallest absolute Gasteiger partial charge is 0.339 e. The van der Waals surface area contributed by atoms with Crippen molar-refractivity contribution in [2.75, 3.05) is 6.54 Å². The molecular formula is C8H10N4O4. The van der Waals surface area contributed by atoms with Crippen molar-refractivity contribution in [3.63, 3.8) is 0 Å². The molecular weight excluding hydrogens is 216 g/mol. The summed E-state index contributed by atoms with van der Waals surface area (Å²) in [4.78, 5) is 32.6. The van der Waals surface area contributed by atoms with Crippen LogP contribution in [0.1, 0.15) is 20.8 Å². The van der Waals surface area contributed by atoms with E-state index in [9.17, 15) is 14.4 Å². The number of carbonyl (C=O) groups excluding carboxylic acids is 2. The van der Waals surface area contributed by atoms with Crippen molar-refractivity contribution in [2.24, 2.45) is 12.8 Å². The lowest BCUT2D eigenvalue weighted by Gasteiger charge is -1.99. The van der Waals surface area contributed by atoms with E-state index in [-0.39, 0.29) is 17.8 Å². The maximum atomic E-state index is 11.4. The van der Waals surface area contributed by atoms with Crippen LogP contribution in [0, 0.1) is 0 Å². The van der Waals surface area contributed by atoms with E-state index in [1.165, 1.54) is 17.9 Å². The van der Waals surface area contributed by atoms with E-state index in [0.29, 0.717) is 0 Å². The van der Waals surface area contributed by atoms with Gasteiger partial charge in [-0.05, 0) is 0 Å². The van der Waals surface area contributed by atoms with Gasteiger partial charge in [-0.25, -0.2) is 4.79 Å². The van der Waals surface area contributed by atoms with Gasteiger partial charge in [-0.15, -0.1) is 0 Å². The number of carboxylic acid groups (broad SMARTS) is 1. The topological polar surface area (TPSA) is 127 Å². The Morgan fingerprint density at radius 3 is 2.69 bits per heavy atom. The highest BCUT2D eigenvalue weighted by molar-refractivity contribution is 6.04. The van der Waals surface area contributed by atoms with Crippen molar-refractivity contribution >= 4 is 17.8 Å². The normalized spacial score (nSPS) is 9.81. The minimum absolute atomic E-state index is 0.232. The molecule has 0 aliphatic rings. The molecule has 0 spiro atoms. The highest BCUT2D eigenvalue weighted by atomic mass is 16.4. The third-order valence-electron chi connectivity index (χ3n) is 1.70. The largest absolute Gasteiger partial charge is 0.478 e. The number of amides is 2. The van der Waals surface area contributed by atoms with Gasteiger partial charge in [0.2, 0.25) is 5.91 Å². The van der Waals surface area contributed by atoms with Crippen molar-refractivity contribution in [1.82, 2.24) is 15.1 Å². The summed E-state index contributed by atoms with van der Waals surface area (Å²) >= 11 is 0. The molecule has 1 heterocycles. The molecule has 86 valence electrons. The van der Waals surface area contributed by atoms with E-state index in [0.717, 1.165) is 0 Å². The number of aromatic nitrogens is 2. The van der Waals surface area contributed by atoms with Gasteiger partial charge in [-0.2, -0.15) is 5.10 Å². The van der Waals surface area contributed by atoms with Gasteiger partial charge in [0, 0.05) is 13.2 Å². The van der Waals surface area contributed by atoms with Crippen LogP contribution in [0.4, 0.5) is 0 Å². The van der Waals surface area contributed by atoms with Crippen LogP contribution in [0.15, 0.2) is 6.20 Å². The Morgan fingerprint density at radius 2 is 2.19 bits per heavy atom. The number of primary amides is 1. The number of rotatable bonds is 4. The molecule has 0 bridgehead atoms. The molecule has 0 aliphatic heterocycles. The Labute approximate surface area is 90.0 Å². The maximum Gasteiger partial charge on any atom is 0.339 e. The molecule has 0 saturated carbocycles. The lowest BCUT2D eigenvalue weighted by molar-refractivity contribution is -0.117. The van der Waals surface area contributed by atoms with Crippen molar-refractivity contribution in [2.45, 2.75) is 0 Å². The number of nitrogens with two attached hydrogens (primary N) is 1. The van der Waals surface area contributed by atoms with Crippen LogP contribution in [-0.2, 0) is 11.8 Å². The van der Waals surface area contributed by atoms with Gasteiger partial charge < -0.3 is 16.2 Å². The third-order valence-corrected chi connectivity index (χ3v) is 1.70. The number of nitrogens with one attached hydrogen (secondary N) is 1. The predicted octanol–water partition coefficient (Wildman–Crippen LogP) is -1.67.